The topological polar surface area (TPSA) is 29.4 Å². The van der Waals surface area contributed by atoms with Crippen molar-refractivity contribution in [2.24, 2.45) is 10.9 Å². The van der Waals surface area contributed by atoms with Gasteiger partial charge in [0.05, 0.1) is 6.54 Å². The normalized spacial score (nSPS) is 20.9. The van der Waals surface area contributed by atoms with Gasteiger partial charge in [0.15, 0.2) is 0 Å². The first kappa shape index (κ1) is 14.4. The Morgan fingerprint density at radius 2 is 1.29 bits per heavy atom. The molecule has 1 aliphatic carbocycles. The van der Waals surface area contributed by atoms with E-state index in [-0.39, 0.29) is 0 Å². The maximum Gasteiger partial charge on any atom is 0.234 e. The summed E-state index contributed by atoms with van der Waals surface area (Å²) < 4.78 is 0. The molecule has 17 heavy (non-hydrogen) atoms. The molecule has 0 aromatic heterocycles. The molecule has 2 nitrogen and oxygen atoms in total. The summed E-state index contributed by atoms with van der Waals surface area (Å²) in [5, 5.41) is 0. The molecular formula is C15H27NO. The van der Waals surface area contributed by atoms with Gasteiger partial charge in [0.2, 0.25) is 6.08 Å². The molecule has 1 fully saturated rings. The fourth-order valence-electron chi connectivity index (χ4n) is 2.83. The van der Waals surface area contributed by atoms with Crippen LogP contribution in [-0.2, 0) is 4.79 Å². The van der Waals surface area contributed by atoms with Gasteiger partial charge in [-0.2, -0.15) is 0 Å². The van der Waals surface area contributed by atoms with E-state index < -0.39 is 0 Å². The highest BCUT2D eigenvalue weighted by Crippen LogP contribution is 2.23. The Balaban J connectivity index is 2.24. The summed E-state index contributed by atoms with van der Waals surface area (Å²) in [6.45, 7) is 0.689. The second kappa shape index (κ2) is 10.5. The number of hydrogen-bond donors (Lipinski definition) is 0. The lowest BCUT2D eigenvalue weighted by Crippen LogP contribution is -2.03. The molecule has 0 bridgehead atoms. The molecule has 0 heterocycles. The van der Waals surface area contributed by atoms with E-state index in [4.69, 9.17) is 0 Å². The van der Waals surface area contributed by atoms with Crippen molar-refractivity contribution in [3.8, 4) is 0 Å². The molecule has 0 atom stereocenters. The molecule has 1 aliphatic rings. The van der Waals surface area contributed by atoms with Crippen LogP contribution in [0.4, 0.5) is 0 Å². The Labute approximate surface area is 106 Å². The van der Waals surface area contributed by atoms with Crippen molar-refractivity contribution >= 4 is 6.08 Å². The van der Waals surface area contributed by atoms with Crippen molar-refractivity contribution in [1.29, 1.82) is 0 Å². The molecule has 0 saturated heterocycles. The van der Waals surface area contributed by atoms with E-state index in [1.807, 2.05) is 0 Å². The molecule has 0 aromatic carbocycles. The van der Waals surface area contributed by atoms with Gasteiger partial charge in [-0.05, 0) is 12.3 Å². The van der Waals surface area contributed by atoms with E-state index in [1.54, 1.807) is 6.08 Å². The average molecular weight is 237 g/mol. The standard InChI is InChI=1S/C15H27NO/c17-14-16-13-12-15-10-8-6-4-2-1-3-5-7-9-11-15/h15H,1-13H2. The molecule has 98 valence electrons. The maximum atomic E-state index is 10.1. The lowest BCUT2D eigenvalue weighted by molar-refractivity contribution is 0.378. The summed E-state index contributed by atoms with van der Waals surface area (Å²) in [5.41, 5.74) is 0. The van der Waals surface area contributed by atoms with Gasteiger partial charge in [-0.25, -0.2) is 9.79 Å². The van der Waals surface area contributed by atoms with E-state index in [1.165, 1.54) is 70.6 Å². The minimum Gasteiger partial charge on any atom is -0.211 e. The second-order valence-electron chi connectivity index (χ2n) is 5.39. The number of isocyanates is 1. The molecule has 1 rings (SSSR count). The minimum absolute atomic E-state index is 0.689. The summed E-state index contributed by atoms with van der Waals surface area (Å²) in [7, 11) is 0. The molecule has 0 spiro atoms. The highest BCUT2D eigenvalue weighted by molar-refractivity contribution is 5.32. The largest absolute Gasteiger partial charge is 0.234 e. The van der Waals surface area contributed by atoms with Crippen molar-refractivity contribution in [2.45, 2.75) is 77.0 Å². The van der Waals surface area contributed by atoms with Gasteiger partial charge in [0.1, 0.15) is 0 Å². The zero-order valence-corrected chi connectivity index (χ0v) is 11.1. The summed E-state index contributed by atoms with van der Waals surface area (Å²) in [6.07, 6.45) is 18.1. The first-order valence-corrected chi connectivity index (χ1v) is 7.47. The minimum atomic E-state index is 0.689. The Morgan fingerprint density at radius 1 is 0.824 bits per heavy atom. The average Bonchev–Trinajstić information content (AvgIpc) is 2.32. The summed E-state index contributed by atoms with van der Waals surface area (Å²) in [6, 6.07) is 0. The maximum absolute atomic E-state index is 10.1. The summed E-state index contributed by atoms with van der Waals surface area (Å²) in [4.78, 5) is 13.8. The Morgan fingerprint density at radius 3 is 1.76 bits per heavy atom. The van der Waals surface area contributed by atoms with Gasteiger partial charge < -0.3 is 0 Å². The van der Waals surface area contributed by atoms with E-state index in [9.17, 15) is 4.79 Å². The van der Waals surface area contributed by atoms with Crippen molar-refractivity contribution in [2.75, 3.05) is 6.54 Å². The first-order chi connectivity index (χ1) is 8.43. The van der Waals surface area contributed by atoms with E-state index in [0.29, 0.717) is 6.54 Å². The van der Waals surface area contributed by atoms with E-state index in [0.717, 1.165) is 12.3 Å². The van der Waals surface area contributed by atoms with Crippen LogP contribution in [0.5, 0.6) is 0 Å². The lowest BCUT2D eigenvalue weighted by atomic mass is 9.90. The Kier molecular flexibility index (Phi) is 8.94. The number of rotatable bonds is 3. The van der Waals surface area contributed by atoms with Crippen molar-refractivity contribution in [3.05, 3.63) is 0 Å². The third-order valence-corrected chi connectivity index (χ3v) is 3.94. The predicted octanol–water partition coefficient (Wildman–Crippen LogP) is 4.63. The Bertz CT molecular complexity index is 209. The molecule has 1 saturated carbocycles. The van der Waals surface area contributed by atoms with Crippen LogP contribution in [0, 0.1) is 5.92 Å². The van der Waals surface area contributed by atoms with Crippen LogP contribution in [0.2, 0.25) is 0 Å². The van der Waals surface area contributed by atoms with E-state index in [2.05, 4.69) is 4.99 Å². The zero-order valence-electron chi connectivity index (χ0n) is 11.1. The van der Waals surface area contributed by atoms with Crippen LogP contribution in [0.1, 0.15) is 77.0 Å². The second-order valence-corrected chi connectivity index (χ2v) is 5.39. The van der Waals surface area contributed by atoms with Crippen LogP contribution in [0.15, 0.2) is 4.99 Å². The number of carbonyl (C=O) groups excluding carboxylic acids is 1. The van der Waals surface area contributed by atoms with Gasteiger partial charge in [0, 0.05) is 0 Å². The highest BCUT2D eigenvalue weighted by atomic mass is 16.1. The monoisotopic (exact) mass is 237 g/mol. The number of aliphatic imine (C=N–C) groups is 1. The number of hydrogen-bond acceptors (Lipinski definition) is 2. The first-order valence-electron chi connectivity index (χ1n) is 7.47. The lowest BCUT2D eigenvalue weighted by Gasteiger charge is -2.16. The molecule has 0 radical (unpaired) electrons. The van der Waals surface area contributed by atoms with Crippen LogP contribution < -0.4 is 0 Å². The quantitative estimate of drug-likeness (QED) is 0.519. The molecule has 0 N–H and O–H groups in total. The van der Waals surface area contributed by atoms with Gasteiger partial charge in [-0.15, -0.1) is 0 Å². The predicted molar refractivity (Wildman–Crippen MR) is 71.9 cm³/mol. The fourth-order valence-corrected chi connectivity index (χ4v) is 2.83. The third-order valence-electron chi connectivity index (χ3n) is 3.94. The van der Waals surface area contributed by atoms with Crippen LogP contribution in [0.3, 0.4) is 0 Å². The van der Waals surface area contributed by atoms with Gasteiger partial charge in [-0.1, -0.05) is 70.6 Å². The van der Waals surface area contributed by atoms with Gasteiger partial charge in [0.25, 0.3) is 0 Å². The smallest absolute Gasteiger partial charge is 0.211 e. The molecule has 0 amide bonds. The molecule has 2 heteroatoms. The molecule has 0 aliphatic heterocycles. The third kappa shape index (κ3) is 8.15. The van der Waals surface area contributed by atoms with Gasteiger partial charge >= 0.3 is 0 Å². The SMILES string of the molecule is O=C=NCCC1CCCCCCCCCCC1. The summed E-state index contributed by atoms with van der Waals surface area (Å²) >= 11 is 0. The molecular weight excluding hydrogens is 210 g/mol. The van der Waals surface area contributed by atoms with Gasteiger partial charge in [-0.3, -0.25) is 0 Å². The van der Waals surface area contributed by atoms with Crippen molar-refractivity contribution in [3.63, 3.8) is 0 Å². The van der Waals surface area contributed by atoms with E-state index >= 15 is 0 Å². The van der Waals surface area contributed by atoms with Crippen LogP contribution in [-0.4, -0.2) is 12.6 Å². The Hall–Kier alpha value is -0.620. The van der Waals surface area contributed by atoms with Crippen LogP contribution in [0.25, 0.3) is 0 Å². The fraction of sp³-hybridized carbons (Fsp3) is 0.933. The summed E-state index contributed by atoms with van der Waals surface area (Å²) in [5.74, 6) is 0.798. The highest BCUT2D eigenvalue weighted by Gasteiger charge is 2.08. The molecule has 0 aromatic rings. The molecule has 0 unspecified atom stereocenters. The van der Waals surface area contributed by atoms with Crippen LogP contribution >= 0.6 is 0 Å². The van der Waals surface area contributed by atoms with Crippen molar-refractivity contribution < 1.29 is 4.79 Å². The van der Waals surface area contributed by atoms with Crippen molar-refractivity contribution in [1.82, 2.24) is 0 Å². The number of nitrogens with zero attached hydrogens (tertiary/aromatic N) is 1. The zero-order chi connectivity index (χ0) is 12.2.